The predicted molar refractivity (Wildman–Crippen MR) is 136 cm³/mol. The fraction of sp³-hybridized carbons (Fsp3) is 0.241. The maximum atomic E-state index is 13.6. The fourth-order valence-electron chi connectivity index (χ4n) is 4.67. The van der Waals surface area contributed by atoms with Gasteiger partial charge in [0, 0.05) is 17.7 Å². The third kappa shape index (κ3) is 4.39. The van der Waals surface area contributed by atoms with Crippen molar-refractivity contribution in [1.82, 2.24) is 15.1 Å². The third-order valence-electron chi connectivity index (χ3n) is 6.36. The van der Waals surface area contributed by atoms with Crippen molar-refractivity contribution in [2.24, 2.45) is 0 Å². The van der Waals surface area contributed by atoms with Crippen LogP contribution in [0.4, 0.5) is 0 Å². The van der Waals surface area contributed by atoms with E-state index >= 15 is 0 Å². The number of aromatic nitrogens is 2. The number of carbonyl (C=O) groups is 1. The lowest BCUT2D eigenvalue weighted by atomic mass is 9.95. The van der Waals surface area contributed by atoms with Crippen LogP contribution >= 0.6 is 0 Å². The van der Waals surface area contributed by atoms with Gasteiger partial charge in [-0.15, -0.1) is 0 Å². The van der Waals surface area contributed by atoms with Crippen molar-refractivity contribution < 1.29 is 14.3 Å². The summed E-state index contributed by atoms with van der Waals surface area (Å²) in [6.07, 6.45) is 1.67. The summed E-state index contributed by atoms with van der Waals surface area (Å²) in [4.78, 5) is 15.5. The van der Waals surface area contributed by atoms with E-state index in [1.165, 1.54) is 5.56 Å². The molecule has 1 aromatic heterocycles. The van der Waals surface area contributed by atoms with Crippen LogP contribution in [0.2, 0.25) is 0 Å². The molecule has 1 N–H and O–H groups in total. The topological polar surface area (TPSA) is 67.5 Å². The molecular weight excluding hydrogens is 438 g/mol. The van der Waals surface area contributed by atoms with E-state index in [0.717, 1.165) is 35.2 Å². The van der Waals surface area contributed by atoms with E-state index in [9.17, 15) is 4.79 Å². The van der Waals surface area contributed by atoms with Gasteiger partial charge in [-0.3, -0.25) is 9.89 Å². The molecule has 0 aliphatic carbocycles. The standard InChI is InChI=1S/C29H29N3O3/c1-3-18-35-23-15-14-22(19-24(23)34-2)28-25-26(21-12-8-5-9-13-21)30-31-27(25)29(33)32(28)17-16-20-10-6-4-7-11-20/h4-15,19,28H,3,16-18H2,1-2H3,(H,30,31). The molecule has 0 bridgehead atoms. The summed E-state index contributed by atoms with van der Waals surface area (Å²) in [5.41, 5.74) is 5.38. The van der Waals surface area contributed by atoms with E-state index in [0.29, 0.717) is 30.3 Å². The highest BCUT2D eigenvalue weighted by molar-refractivity contribution is 6.00. The minimum Gasteiger partial charge on any atom is -0.493 e. The van der Waals surface area contributed by atoms with Crippen molar-refractivity contribution in [2.75, 3.05) is 20.3 Å². The van der Waals surface area contributed by atoms with Gasteiger partial charge in [0.15, 0.2) is 11.5 Å². The summed E-state index contributed by atoms with van der Waals surface area (Å²) in [5, 5.41) is 7.59. The molecule has 4 aromatic rings. The lowest BCUT2D eigenvalue weighted by Gasteiger charge is -2.27. The fourth-order valence-corrected chi connectivity index (χ4v) is 4.67. The highest BCUT2D eigenvalue weighted by Crippen LogP contribution is 2.44. The van der Waals surface area contributed by atoms with Crippen LogP contribution in [0.25, 0.3) is 11.3 Å². The Kier molecular flexibility index (Phi) is 6.53. The molecule has 2 heterocycles. The number of nitrogens with zero attached hydrogens (tertiary/aromatic N) is 2. The molecule has 1 amide bonds. The molecule has 5 rings (SSSR count). The number of hydrogen-bond acceptors (Lipinski definition) is 4. The van der Waals surface area contributed by atoms with Crippen LogP contribution in [-0.4, -0.2) is 41.3 Å². The minimum absolute atomic E-state index is 0.0408. The molecule has 6 heteroatoms. The second-order valence-electron chi connectivity index (χ2n) is 8.62. The van der Waals surface area contributed by atoms with Gasteiger partial charge in [0.1, 0.15) is 5.69 Å². The molecule has 0 radical (unpaired) electrons. The van der Waals surface area contributed by atoms with Crippen molar-refractivity contribution >= 4 is 5.91 Å². The van der Waals surface area contributed by atoms with E-state index in [-0.39, 0.29) is 11.9 Å². The molecule has 0 saturated carbocycles. The molecule has 1 unspecified atom stereocenters. The van der Waals surface area contributed by atoms with Gasteiger partial charge in [0.2, 0.25) is 0 Å². The largest absolute Gasteiger partial charge is 0.493 e. The molecule has 6 nitrogen and oxygen atoms in total. The number of amides is 1. The van der Waals surface area contributed by atoms with Crippen molar-refractivity contribution in [3.8, 4) is 22.8 Å². The van der Waals surface area contributed by atoms with E-state index in [1.54, 1.807) is 7.11 Å². The number of aromatic amines is 1. The molecule has 1 aliphatic rings. The summed E-state index contributed by atoms with van der Waals surface area (Å²) in [6.45, 7) is 3.27. The van der Waals surface area contributed by atoms with Gasteiger partial charge in [-0.1, -0.05) is 73.7 Å². The first-order valence-corrected chi connectivity index (χ1v) is 12.0. The summed E-state index contributed by atoms with van der Waals surface area (Å²) >= 11 is 0. The number of ether oxygens (including phenoxy) is 2. The van der Waals surface area contributed by atoms with Crippen molar-refractivity contribution in [2.45, 2.75) is 25.8 Å². The number of H-pyrrole nitrogens is 1. The van der Waals surface area contributed by atoms with E-state index < -0.39 is 0 Å². The first-order valence-electron chi connectivity index (χ1n) is 12.0. The average Bonchev–Trinajstić information content (AvgIpc) is 3.46. The zero-order valence-corrected chi connectivity index (χ0v) is 20.0. The lowest BCUT2D eigenvalue weighted by Crippen LogP contribution is -2.31. The molecule has 0 fully saturated rings. The normalized spacial score (nSPS) is 14.7. The monoisotopic (exact) mass is 467 g/mol. The molecule has 1 atom stereocenters. The van der Waals surface area contributed by atoms with E-state index in [2.05, 4.69) is 29.3 Å². The zero-order chi connectivity index (χ0) is 24.2. The Morgan fingerprint density at radius 1 is 0.971 bits per heavy atom. The number of benzene rings is 3. The number of fused-ring (bicyclic) bond motifs is 1. The van der Waals surface area contributed by atoms with Gasteiger partial charge in [-0.2, -0.15) is 5.10 Å². The zero-order valence-electron chi connectivity index (χ0n) is 20.0. The van der Waals surface area contributed by atoms with Gasteiger partial charge >= 0.3 is 0 Å². The van der Waals surface area contributed by atoms with E-state index in [1.807, 2.05) is 71.6 Å². The number of hydrogen-bond donors (Lipinski definition) is 1. The Hall–Kier alpha value is -4.06. The molecule has 0 saturated heterocycles. The SMILES string of the molecule is CCCOc1ccc(C2c3c(-c4ccccc4)n[nH]c3C(=O)N2CCc2ccccc2)cc1OC. The van der Waals surface area contributed by atoms with Crippen LogP contribution in [-0.2, 0) is 6.42 Å². The minimum atomic E-state index is -0.288. The Morgan fingerprint density at radius 2 is 1.71 bits per heavy atom. The molecule has 3 aromatic carbocycles. The summed E-state index contributed by atoms with van der Waals surface area (Å²) < 4.78 is 11.5. The van der Waals surface area contributed by atoms with Crippen LogP contribution in [0.15, 0.2) is 78.9 Å². The number of methoxy groups -OCH3 is 1. The van der Waals surface area contributed by atoms with Crippen molar-refractivity contribution in [3.63, 3.8) is 0 Å². The average molecular weight is 468 g/mol. The summed E-state index contributed by atoms with van der Waals surface area (Å²) in [6, 6.07) is 25.9. The quantitative estimate of drug-likeness (QED) is 0.345. The van der Waals surface area contributed by atoms with E-state index in [4.69, 9.17) is 9.47 Å². The number of rotatable bonds is 9. The predicted octanol–water partition coefficient (Wildman–Crippen LogP) is 5.66. The van der Waals surface area contributed by atoms with Gasteiger partial charge in [0.25, 0.3) is 5.91 Å². The summed E-state index contributed by atoms with van der Waals surface area (Å²) in [5.74, 6) is 1.32. The first kappa shape index (κ1) is 22.7. The van der Waals surface area contributed by atoms with Crippen molar-refractivity contribution in [1.29, 1.82) is 0 Å². The second-order valence-corrected chi connectivity index (χ2v) is 8.62. The van der Waals surface area contributed by atoms with Crippen LogP contribution in [0.3, 0.4) is 0 Å². The molecule has 35 heavy (non-hydrogen) atoms. The highest BCUT2D eigenvalue weighted by atomic mass is 16.5. The molecule has 178 valence electrons. The van der Waals surface area contributed by atoms with Gasteiger partial charge in [-0.25, -0.2) is 0 Å². The highest BCUT2D eigenvalue weighted by Gasteiger charge is 2.42. The smallest absolute Gasteiger partial charge is 0.273 e. The first-order chi connectivity index (χ1) is 17.2. The lowest BCUT2D eigenvalue weighted by molar-refractivity contribution is 0.0745. The maximum absolute atomic E-state index is 13.6. The van der Waals surface area contributed by atoms with Crippen LogP contribution < -0.4 is 9.47 Å². The Bertz CT molecular complexity index is 1300. The van der Waals surface area contributed by atoms with Gasteiger partial charge < -0.3 is 14.4 Å². The van der Waals surface area contributed by atoms with Gasteiger partial charge in [0.05, 0.1) is 25.5 Å². The number of nitrogens with one attached hydrogen (secondary N) is 1. The summed E-state index contributed by atoms with van der Waals surface area (Å²) in [7, 11) is 1.64. The van der Waals surface area contributed by atoms with Gasteiger partial charge in [-0.05, 0) is 36.1 Å². The number of carbonyl (C=O) groups excluding carboxylic acids is 1. The van der Waals surface area contributed by atoms with Crippen LogP contribution in [0, 0.1) is 0 Å². The third-order valence-corrected chi connectivity index (χ3v) is 6.36. The Morgan fingerprint density at radius 3 is 2.43 bits per heavy atom. The molecule has 0 spiro atoms. The molecular formula is C29H29N3O3. The molecule has 1 aliphatic heterocycles. The van der Waals surface area contributed by atoms with Crippen LogP contribution in [0.1, 0.15) is 46.6 Å². The van der Waals surface area contributed by atoms with Crippen LogP contribution in [0.5, 0.6) is 11.5 Å². The second kappa shape index (κ2) is 10.1. The Labute approximate surface area is 205 Å². The van der Waals surface area contributed by atoms with Crippen molar-refractivity contribution in [3.05, 3.63) is 101 Å². The Balaban J connectivity index is 1.57. The maximum Gasteiger partial charge on any atom is 0.273 e.